The van der Waals surface area contributed by atoms with E-state index in [4.69, 9.17) is 4.74 Å². The Kier molecular flexibility index (Phi) is 5.67. The van der Waals surface area contributed by atoms with Crippen LogP contribution in [-0.4, -0.2) is 36.0 Å². The van der Waals surface area contributed by atoms with Gasteiger partial charge in [-0.3, -0.25) is 9.69 Å². The van der Waals surface area contributed by atoms with Gasteiger partial charge in [0, 0.05) is 30.2 Å². The summed E-state index contributed by atoms with van der Waals surface area (Å²) in [5.41, 5.74) is 3.40. The minimum absolute atomic E-state index is 0.0257. The number of benzene rings is 2. The second-order valence-corrected chi connectivity index (χ2v) is 8.27. The molecule has 2 aliphatic heterocycles. The first-order valence-electron chi connectivity index (χ1n) is 10.4. The molecule has 2 aromatic rings. The van der Waals surface area contributed by atoms with Gasteiger partial charge < -0.3 is 10.1 Å². The fourth-order valence-corrected chi connectivity index (χ4v) is 4.77. The number of methoxy groups -OCH3 is 1. The highest BCUT2D eigenvalue weighted by Crippen LogP contribution is 2.35. The zero-order chi connectivity index (χ0) is 19.5. The molecule has 4 heteroatoms. The van der Waals surface area contributed by atoms with Crippen LogP contribution in [0.5, 0.6) is 5.75 Å². The van der Waals surface area contributed by atoms with E-state index in [-0.39, 0.29) is 11.9 Å². The molecule has 2 fully saturated rings. The molecule has 4 nitrogen and oxygen atoms in total. The van der Waals surface area contributed by atoms with Crippen molar-refractivity contribution < 1.29 is 9.53 Å². The van der Waals surface area contributed by atoms with Crippen LogP contribution < -0.4 is 10.1 Å². The standard InChI is InChI=1S/C24H30N2O2/c1-17-6-8-18(9-7-17)16-26-21-4-3-5-22(26)15-20(14-21)25-24(27)19-10-12-23(28-2)13-11-19/h6-13,20-22H,3-5,14-16H2,1-2H3,(H,25,27)/t20?,21-,22+. The Balaban J connectivity index is 1.39. The van der Waals surface area contributed by atoms with Crippen LogP contribution in [0, 0.1) is 6.92 Å². The maximum Gasteiger partial charge on any atom is 0.251 e. The third kappa shape index (κ3) is 4.22. The number of hydrogen-bond donors (Lipinski definition) is 1. The molecule has 0 spiro atoms. The van der Waals surface area contributed by atoms with Gasteiger partial charge in [0.2, 0.25) is 0 Å². The van der Waals surface area contributed by atoms with E-state index in [0.717, 1.165) is 25.1 Å². The summed E-state index contributed by atoms with van der Waals surface area (Å²) in [6, 6.07) is 17.7. The zero-order valence-electron chi connectivity index (χ0n) is 16.9. The number of aryl methyl sites for hydroxylation is 1. The fourth-order valence-electron chi connectivity index (χ4n) is 4.77. The molecule has 2 saturated heterocycles. The van der Waals surface area contributed by atoms with Crippen molar-refractivity contribution in [3.63, 3.8) is 0 Å². The van der Waals surface area contributed by atoms with Crippen LogP contribution >= 0.6 is 0 Å². The first kappa shape index (κ1) is 19.0. The first-order valence-corrected chi connectivity index (χ1v) is 10.4. The molecule has 148 valence electrons. The summed E-state index contributed by atoms with van der Waals surface area (Å²) < 4.78 is 5.18. The van der Waals surface area contributed by atoms with Gasteiger partial charge in [0.1, 0.15) is 5.75 Å². The highest BCUT2D eigenvalue weighted by Gasteiger charge is 2.38. The molecule has 1 amide bonds. The number of fused-ring (bicyclic) bond motifs is 2. The number of piperidine rings is 2. The number of ether oxygens (including phenoxy) is 1. The summed E-state index contributed by atoms with van der Waals surface area (Å²) in [4.78, 5) is 15.4. The molecule has 1 N–H and O–H groups in total. The van der Waals surface area contributed by atoms with Gasteiger partial charge in [0.05, 0.1) is 7.11 Å². The van der Waals surface area contributed by atoms with Gasteiger partial charge in [-0.25, -0.2) is 0 Å². The van der Waals surface area contributed by atoms with Crippen molar-refractivity contribution in [1.29, 1.82) is 0 Å². The van der Waals surface area contributed by atoms with Crippen molar-refractivity contribution in [1.82, 2.24) is 10.2 Å². The quantitative estimate of drug-likeness (QED) is 0.842. The minimum Gasteiger partial charge on any atom is -0.497 e. The van der Waals surface area contributed by atoms with Crippen molar-refractivity contribution in [3.8, 4) is 5.75 Å². The molecule has 2 heterocycles. The van der Waals surface area contributed by atoms with Crippen LogP contribution in [-0.2, 0) is 6.54 Å². The van der Waals surface area contributed by atoms with Crippen molar-refractivity contribution in [2.45, 2.75) is 63.7 Å². The molecule has 28 heavy (non-hydrogen) atoms. The molecule has 0 radical (unpaired) electrons. The lowest BCUT2D eigenvalue weighted by atomic mass is 9.81. The normalized spacial score (nSPS) is 24.6. The predicted molar refractivity (Wildman–Crippen MR) is 112 cm³/mol. The van der Waals surface area contributed by atoms with E-state index in [1.807, 2.05) is 24.3 Å². The van der Waals surface area contributed by atoms with E-state index >= 15 is 0 Å². The van der Waals surface area contributed by atoms with Gasteiger partial charge in [-0.15, -0.1) is 0 Å². The minimum atomic E-state index is 0.0257. The van der Waals surface area contributed by atoms with E-state index in [1.54, 1.807) is 7.11 Å². The maximum atomic E-state index is 12.7. The third-order valence-corrected chi connectivity index (χ3v) is 6.30. The van der Waals surface area contributed by atoms with Gasteiger partial charge in [-0.1, -0.05) is 36.2 Å². The smallest absolute Gasteiger partial charge is 0.251 e. The molecule has 0 aromatic heterocycles. The number of rotatable bonds is 5. The highest BCUT2D eigenvalue weighted by molar-refractivity contribution is 5.94. The molecule has 2 aliphatic rings. The molecule has 2 aromatic carbocycles. The van der Waals surface area contributed by atoms with Crippen LogP contribution in [0.3, 0.4) is 0 Å². The number of nitrogens with one attached hydrogen (secondary N) is 1. The summed E-state index contributed by atoms with van der Waals surface area (Å²) in [6.07, 6.45) is 5.86. The average Bonchev–Trinajstić information content (AvgIpc) is 2.70. The number of hydrogen-bond acceptors (Lipinski definition) is 3. The van der Waals surface area contributed by atoms with E-state index in [1.165, 1.54) is 30.4 Å². The fraction of sp³-hybridized carbons (Fsp3) is 0.458. The summed E-state index contributed by atoms with van der Waals surface area (Å²) >= 11 is 0. The Morgan fingerprint density at radius 3 is 2.29 bits per heavy atom. The van der Waals surface area contributed by atoms with Gasteiger partial charge >= 0.3 is 0 Å². The largest absolute Gasteiger partial charge is 0.497 e. The molecule has 0 saturated carbocycles. The van der Waals surface area contributed by atoms with Crippen LogP contribution in [0.4, 0.5) is 0 Å². The van der Waals surface area contributed by atoms with Crippen molar-refractivity contribution in [2.24, 2.45) is 0 Å². The van der Waals surface area contributed by atoms with Crippen molar-refractivity contribution >= 4 is 5.91 Å². The third-order valence-electron chi connectivity index (χ3n) is 6.30. The van der Waals surface area contributed by atoms with E-state index in [0.29, 0.717) is 17.6 Å². The molecular weight excluding hydrogens is 348 g/mol. The van der Waals surface area contributed by atoms with Gasteiger partial charge in [0.15, 0.2) is 0 Å². The SMILES string of the molecule is COc1ccc(C(=O)NC2C[C@H]3CCC[C@@H](C2)N3Cc2ccc(C)cc2)cc1. The summed E-state index contributed by atoms with van der Waals surface area (Å²) in [5.74, 6) is 0.799. The Morgan fingerprint density at radius 1 is 1.04 bits per heavy atom. The summed E-state index contributed by atoms with van der Waals surface area (Å²) in [7, 11) is 1.64. The zero-order valence-corrected chi connectivity index (χ0v) is 16.9. The van der Waals surface area contributed by atoms with Crippen LogP contribution in [0.1, 0.15) is 53.6 Å². The van der Waals surface area contributed by atoms with E-state index < -0.39 is 0 Å². The van der Waals surface area contributed by atoms with E-state index in [2.05, 4.69) is 41.4 Å². The van der Waals surface area contributed by atoms with Gasteiger partial charge in [0.25, 0.3) is 5.91 Å². The Hall–Kier alpha value is -2.33. The molecule has 3 atom stereocenters. The lowest BCUT2D eigenvalue weighted by Crippen LogP contribution is -2.56. The lowest BCUT2D eigenvalue weighted by molar-refractivity contribution is 0.0177. The Bertz CT molecular complexity index is 786. The van der Waals surface area contributed by atoms with Crippen LogP contribution in [0.25, 0.3) is 0 Å². The number of nitrogens with zero attached hydrogens (tertiary/aromatic N) is 1. The number of amides is 1. The monoisotopic (exact) mass is 378 g/mol. The summed E-state index contributed by atoms with van der Waals surface area (Å²) in [6.45, 7) is 3.16. The van der Waals surface area contributed by atoms with Gasteiger partial charge in [-0.05, 0) is 62.4 Å². The topological polar surface area (TPSA) is 41.6 Å². The summed E-state index contributed by atoms with van der Waals surface area (Å²) in [5, 5.41) is 3.29. The second kappa shape index (κ2) is 8.36. The molecule has 0 aliphatic carbocycles. The second-order valence-electron chi connectivity index (χ2n) is 8.27. The molecular formula is C24H30N2O2. The van der Waals surface area contributed by atoms with Crippen molar-refractivity contribution in [2.75, 3.05) is 7.11 Å². The number of carbonyl (C=O) groups excluding carboxylic acids is 1. The maximum absolute atomic E-state index is 12.7. The molecule has 4 rings (SSSR count). The Morgan fingerprint density at radius 2 is 1.68 bits per heavy atom. The van der Waals surface area contributed by atoms with E-state index in [9.17, 15) is 4.79 Å². The molecule has 1 unspecified atom stereocenters. The predicted octanol–water partition coefficient (Wildman–Crippen LogP) is 4.32. The average molecular weight is 379 g/mol. The highest BCUT2D eigenvalue weighted by atomic mass is 16.5. The Labute approximate surface area is 167 Å². The van der Waals surface area contributed by atoms with Crippen molar-refractivity contribution in [3.05, 3.63) is 65.2 Å². The van der Waals surface area contributed by atoms with Gasteiger partial charge in [-0.2, -0.15) is 0 Å². The lowest BCUT2D eigenvalue weighted by Gasteiger charge is -2.49. The number of carbonyl (C=O) groups is 1. The first-order chi connectivity index (χ1) is 13.6. The van der Waals surface area contributed by atoms with Crippen LogP contribution in [0.2, 0.25) is 0 Å². The molecule has 2 bridgehead atoms. The van der Waals surface area contributed by atoms with Crippen LogP contribution in [0.15, 0.2) is 48.5 Å².